The van der Waals surface area contributed by atoms with E-state index in [2.05, 4.69) is 36.0 Å². The zero-order valence-electron chi connectivity index (χ0n) is 15.7. The number of carbonyl (C=O) groups excluding carboxylic acids is 2. The summed E-state index contributed by atoms with van der Waals surface area (Å²) in [4.78, 5) is 33.7. The van der Waals surface area contributed by atoms with E-state index in [1.54, 1.807) is 24.3 Å². The van der Waals surface area contributed by atoms with Crippen LogP contribution < -0.4 is 10.6 Å². The molecular formula is C19H20N8O2. The second kappa shape index (κ2) is 8.55. The quantitative estimate of drug-likeness (QED) is 0.650. The zero-order valence-corrected chi connectivity index (χ0v) is 15.7. The number of aromatic nitrogens is 6. The van der Waals surface area contributed by atoms with Crippen LogP contribution in [0.1, 0.15) is 36.2 Å². The van der Waals surface area contributed by atoms with Crippen molar-refractivity contribution in [3.05, 3.63) is 48.5 Å². The minimum atomic E-state index is -0.395. The van der Waals surface area contributed by atoms with E-state index in [9.17, 15) is 9.59 Å². The molecule has 29 heavy (non-hydrogen) atoms. The van der Waals surface area contributed by atoms with E-state index in [0.29, 0.717) is 17.1 Å². The molecule has 0 radical (unpaired) electrons. The fourth-order valence-corrected chi connectivity index (χ4v) is 3.28. The van der Waals surface area contributed by atoms with E-state index in [1.807, 2.05) is 0 Å². The maximum atomic E-state index is 12.4. The lowest BCUT2D eigenvalue weighted by atomic mass is 10.1. The van der Waals surface area contributed by atoms with Gasteiger partial charge in [0, 0.05) is 24.0 Å². The zero-order chi connectivity index (χ0) is 20.1. The lowest BCUT2D eigenvalue weighted by molar-refractivity contribution is -0.122. The van der Waals surface area contributed by atoms with Crippen LogP contribution in [0.5, 0.6) is 0 Å². The van der Waals surface area contributed by atoms with Gasteiger partial charge in [-0.2, -0.15) is 4.80 Å². The second-order valence-corrected chi connectivity index (χ2v) is 6.78. The molecule has 10 nitrogen and oxygen atoms in total. The molecule has 0 unspecified atom stereocenters. The Hall–Kier alpha value is -3.69. The Morgan fingerprint density at radius 1 is 1.14 bits per heavy atom. The molecule has 1 fully saturated rings. The van der Waals surface area contributed by atoms with Crippen LogP contribution in [-0.4, -0.2) is 48.0 Å². The average Bonchev–Trinajstić information content (AvgIpc) is 3.41. The fraction of sp³-hybridized carbons (Fsp3) is 0.316. The summed E-state index contributed by atoms with van der Waals surface area (Å²) < 4.78 is 0. The van der Waals surface area contributed by atoms with Gasteiger partial charge in [-0.25, -0.2) is 4.98 Å². The first kappa shape index (κ1) is 18.7. The van der Waals surface area contributed by atoms with Crippen LogP contribution in [0.4, 0.5) is 5.69 Å². The standard InChI is InChI=1S/C19H20N8O2/c28-17(22-13-5-1-2-6-13)12-27-25-18(24-26-27)14-7-3-4-8-15(14)23-19(29)16-11-20-9-10-21-16/h3-4,7-11,13H,1-2,5-6,12H2,(H,22,28)(H,23,29). The molecule has 0 aliphatic heterocycles. The van der Waals surface area contributed by atoms with Crippen LogP contribution in [0, 0.1) is 0 Å². The van der Waals surface area contributed by atoms with Gasteiger partial charge in [-0.05, 0) is 30.2 Å². The highest BCUT2D eigenvalue weighted by Crippen LogP contribution is 2.24. The fourth-order valence-electron chi connectivity index (χ4n) is 3.28. The van der Waals surface area contributed by atoms with E-state index in [-0.39, 0.29) is 24.2 Å². The smallest absolute Gasteiger partial charge is 0.275 e. The molecule has 0 saturated heterocycles. The number of hydrogen-bond donors (Lipinski definition) is 2. The van der Waals surface area contributed by atoms with Crippen molar-refractivity contribution in [3.8, 4) is 11.4 Å². The van der Waals surface area contributed by atoms with E-state index in [1.165, 1.54) is 23.4 Å². The molecule has 2 heterocycles. The van der Waals surface area contributed by atoms with Crippen molar-refractivity contribution in [3.63, 3.8) is 0 Å². The highest BCUT2D eigenvalue weighted by Gasteiger charge is 2.19. The number of para-hydroxylation sites is 1. The first-order valence-corrected chi connectivity index (χ1v) is 9.43. The summed E-state index contributed by atoms with van der Waals surface area (Å²) >= 11 is 0. The van der Waals surface area contributed by atoms with Crippen molar-refractivity contribution in [1.82, 2.24) is 35.5 Å². The molecule has 1 aliphatic carbocycles. The van der Waals surface area contributed by atoms with E-state index >= 15 is 0 Å². The van der Waals surface area contributed by atoms with Gasteiger partial charge in [-0.15, -0.1) is 10.2 Å². The molecule has 2 amide bonds. The topological polar surface area (TPSA) is 128 Å². The highest BCUT2D eigenvalue weighted by atomic mass is 16.2. The molecule has 148 valence electrons. The Bertz CT molecular complexity index is 998. The molecule has 4 rings (SSSR count). The van der Waals surface area contributed by atoms with Gasteiger partial charge < -0.3 is 10.6 Å². The van der Waals surface area contributed by atoms with Crippen molar-refractivity contribution < 1.29 is 9.59 Å². The van der Waals surface area contributed by atoms with Crippen LogP contribution in [-0.2, 0) is 11.3 Å². The summed E-state index contributed by atoms with van der Waals surface area (Å²) in [5, 5.41) is 18.1. The number of rotatable bonds is 6. The molecule has 0 bridgehead atoms. The molecule has 1 aromatic carbocycles. The normalized spacial score (nSPS) is 13.9. The minimum Gasteiger partial charge on any atom is -0.352 e. The SMILES string of the molecule is O=C(Cn1nnc(-c2ccccc2NC(=O)c2cnccn2)n1)NC1CCCC1. The van der Waals surface area contributed by atoms with Crippen LogP contribution in [0.2, 0.25) is 0 Å². The van der Waals surface area contributed by atoms with Crippen LogP contribution in [0.15, 0.2) is 42.9 Å². The van der Waals surface area contributed by atoms with Gasteiger partial charge in [-0.3, -0.25) is 14.6 Å². The monoisotopic (exact) mass is 392 g/mol. The predicted molar refractivity (Wildman–Crippen MR) is 104 cm³/mol. The number of anilines is 1. The summed E-state index contributed by atoms with van der Waals surface area (Å²) in [6, 6.07) is 7.34. The maximum absolute atomic E-state index is 12.4. The second-order valence-electron chi connectivity index (χ2n) is 6.78. The van der Waals surface area contributed by atoms with Crippen LogP contribution >= 0.6 is 0 Å². The number of benzene rings is 1. The van der Waals surface area contributed by atoms with Crippen molar-refractivity contribution in [2.45, 2.75) is 38.3 Å². The summed E-state index contributed by atoms with van der Waals surface area (Å²) in [5.74, 6) is -0.215. The molecular weight excluding hydrogens is 372 g/mol. The highest BCUT2D eigenvalue weighted by molar-refractivity contribution is 6.04. The maximum Gasteiger partial charge on any atom is 0.275 e. The number of carbonyl (C=O) groups is 2. The van der Waals surface area contributed by atoms with E-state index in [4.69, 9.17) is 0 Å². The largest absolute Gasteiger partial charge is 0.352 e. The molecule has 1 aliphatic rings. The van der Waals surface area contributed by atoms with Crippen LogP contribution in [0.25, 0.3) is 11.4 Å². The predicted octanol–water partition coefficient (Wildman–Crippen LogP) is 1.44. The third kappa shape index (κ3) is 4.60. The van der Waals surface area contributed by atoms with Crippen molar-refractivity contribution in [2.75, 3.05) is 5.32 Å². The molecule has 1 saturated carbocycles. The summed E-state index contributed by atoms with van der Waals surface area (Å²) in [6.07, 6.45) is 8.65. The van der Waals surface area contributed by atoms with Gasteiger partial charge in [0.05, 0.1) is 11.9 Å². The minimum absolute atomic E-state index is 0.00235. The van der Waals surface area contributed by atoms with Crippen molar-refractivity contribution >= 4 is 17.5 Å². The third-order valence-corrected chi connectivity index (χ3v) is 4.67. The van der Waals surface area contributed by atoms with Gasteiger partial charge in [0.1, 0.15) is 12.2 Å². The number of nitrogens with one attached hydrogen (secondary N) is 2. The Labute approximate surface area is 166 Å². The third-order valence-electron chi connectivity index (χ3n) is 4.67. The van der Waals surface area contributed by atoms with Crippen molar-refractivity contribution in [1.29, 1.82) is 0 Å². The first-order valence-electron chi connectivity index (χ1n) is 9.43. The molecule has 3 aromatic rings. The Morgan fingerprint density at radius 2 is 1.97 bits per heavy atom. The lowest BCUT2D eigenvalue weighted by Crippen LogP contribution is -2.35. The van der Waals surface area contributed by atoms with Crippen LogP contribution in [0.3, 0.4) is 0 Å². The Balaban J connectivity index is 1.46. The number of nitrogens with zero attached hydrogens (tertiary/aromatic N) is 6. The van der Waals surface area contributed by atoms with Gasteiger partial charge in [0.25, 0.3) is 5.91 Å². The number of amides is 2. The summed E-state index contributed by atoms with van der Waals surface area (Å²) in [5.41, 5.74) is 1.30. The first-order chi connectivity index (χ1) is 14.2. The average molecular weight is 392 g/mol. The number of tetrazole rings is 1. The van der Waals surface area contributed by atoms with E-state index in [0.717, 1.165) is 25.7 Å². The summed E-state index contributed by atoms with van der Waals surface area (Å²) in [6.45, 7) is -0.00235. The lowest BCUT2D eigenvalue weighted by Gasteiger charge is -2.10. The molecule has 2 aromatic heterocycles. The molecule has 2 N–H and O–H groups in total. The van der Waals surface area contributed by atoms with Crippen molar-refractivity contribution in [2.24, 2.45) is 0 Å². The molecule has 0 spiro atoms. The molecule has 10 heteroatoms. The van der Waals surface area contributed by atoms with E-state index < -0.39 is 5.91 Å². The Kier molecular flexibility index (Phi) is 5.50. The van der Waals surface area contributed by atoms with Gasteiger partial charge in [-0.1, -0.05) is 25.0 Å². The van der Waals surface area contributed by atoms with Gasteiger partial charge >= 0.3 is 0 Å². The summed E-state index contributed by atoms with van der Waals surface area (Å²) in [7, 11) is 0. The van der Waals surface area contributed by atoms with Gasteiger partial charge in [0.2, 0.25) is 11.7 Å². The molecule has 0 atom stereocenters. The number of hydrogen-bond acceptors (Lipinski definition) is 7. The Morgan fingerprint density at radius 3 is 2.76 bits per heavy atom. The van der Waals surface area contributed by atoms with Gasteiger partial charge in [0.15, 0.2) is 0 Å².